The van der Waals surface area contributed by atoms with E-state index in [0.29, 0.717) is 18.4 Å². The second-order valence-electron chi connectivity index (χ2n) is 6.92. The Labute approximate surface area is 130 Å². The fraction of sp³-hybridized carbons (Fsp3) is 0.750. The minimum absolute atomic E-state index is 0.192. The zero-order valence-corrected chi connectivity index (χ0v) is 12.9. The Hall–Kier alpha value is -1.40. The number of methoxy groups -OCH3 is 1. The molecule has 6 nitrogen and oxygen atoms in total. The van der Waals surface area contributed by atoms with Crippen molar-refractivity contribution in [2.75, 3.05) is 20.3 Å². The van der Waals surface area contributed by atoms with E-state index in [0.717, 1.165) is 32.4 Å². The van der Waals surface area contributed by atoms with E-state index in [4.69, 9.17) is 9.47 Å². The van der Waals surface area contributed by atoms with Crippen LogP contribution in [0.4, 0.5) is 0 Å². The molecule has 4 rings (SSSR count). The van der Waals surface area contributed by atoms with Gasteiger partial charge in [0.2, 0.25) is 5.91 Å². The molecule has 120 valence electrons. The van der Waals surface area contributed by atoms with Gasteiger partial charge in [-0.05, 0) is 19.3 Å². The summed E-state index contributed by atoms with van der Waals surface area (Å²) in [5, 5.41) is 3.31. The third-order valence-electron chi connectivity index (χ3n) is 5.56. The normalized spacial score (nSPS) is 34.8. The van der Waals surface area contributed by atoms with Crippen LogP contribution in [0.1, 0.15) is 19.3 Å². The number of nitrogens with one attached hydrogen (secondary N) is 1. The van der Waals surface area contributed by atoms with Crippen LogP contribution in [-0.4, -0.2) is 47.9 Å². The molecular formula is C16H23N3O3. The number of ether oxygens (including phenoxy) is 2. The summed E-state index contributed by atoms with van der Waals surface area (Å²) >= 11 is 0. The minimum atomic E-state index is -0.233. The number of amides is 1. The quantitative estimate of drug-likeness (QED) is 0.845. The van der Waals surface area contributed by atoms with Crippen LogP contribution in [0.3, 0.4) is 0 Å². The van der Waals surface area contributed by atoms with Gasteiger partial charge in [-0.2, -0.15) is 0 Å². The lowest BCUT2D eigenvalue weighted by Gasteiger charge is -2.47. The molecule has 2 heterocycles. The highest BCUT2D eigenvalue weighted by atomic mass is 16.5. The number of hydrogen-bond donors (Lipinski definition) is 1. The second-order valence-corrected chi connectivity index (χ2v) is 6.92. The van der Waals surface area contributed by atoms with Gasteiger partial charge in [-0.15, -0.1) is 0 Å². The van der Waals surface area contributed by atoms with Gasteiger partial charge < -0.3 is 19.4 Å². The van der Waals surface area contributed by atoms with E-state index in [1.165, 1.54) is 0 Å². The largest absolute Gasteiger partial charge is 0.384 e. The van der Waals surface area contributed by atoms with Gasteiger partial charge in [0.1, 0.15) is 0 Å². The molecule has 2 aliphatic carbocycles. The average Bonchev–Trinajstić information content (AvgIpc) is 2.94. The summed E-state index contributed by atoms with van der Waals surface area (Å²) in [5.41, 5.74) is -0.233. The standard InChI is InChI=1S/C16H23N3O3/c1-21-8-12-13(11-2-7-22-14(11)12)18-15(20)16(3-4-16)9-19-6-5-17-10-19/h5-6,10-14H,2-4,7-9H2,1H3,(H,18,20)/t11-,12+,13+,14-/m0/s1. The number of carbonyl (C=O) groups excluding carboxylic acids is 1. The van der Waals surface area contributed by atoms with Crippen molar-refractivity contribution >= 4 is 5.91 Å². The molecule has 1 amide bonds. The fourth-order valence-electron chi connectivity index (χ4n) is 4.08. The number of aromatic nitrogens is 2. The van der Waals surface area contributed by atoms with Crippen LogP contribution < -0.4 is 5.32 Å². The third-order valence-corrected chi connectivity index (χ3v) is 5.56. The molecular weight excluding hydrogens is 282 g/mol. The van der Waals surface area contributed by atoms with Gasteiger partial charge >= 0.3 is 0 Å². The zero-order chi connectivity index (χ0) is 15.2. The second kappa shape index (κ2) is 5.35. The maximum Gasteiger partial charge on any atom is 0.228 e. The summed E-state index contributed by atoms with van der Waals surface area (Å²) in [6.07, 6.45) is 8.71. The van der Waals surface area contributed by atoms with Crippen LogP contribution in [0.25, 0.3) is 0 Å². The van der Waals surface area contributed by atoms with Crippen molar-refractivity contribution in [2.45, 2.75) is 38.0 Å². The van der Waals surface area contributed by atoms with Crippen molar-refractivity contribution in [3.8, 4) is 0 Å². The molecule has 4 atom stereocenters. The first-order valence-electron chi connectivity index (χ1n) is 8.11. The fourth-order valence-corrected chi connectivity index (χ4v) is 4.08. The van der Waals surface area contributed by atoms with E-state index >= 15 is 0 Å². The van der Waals surface area contributed by atoms with Gasteiger partial charge in [0.05, 0.1) is 24.5 Å². The molecule has 2 saturated carbocycles. The first-order valence-corrected chi connectivity index (χ1v) is 8.11. The lowest BCUT2D eigenvalue weighted by atomic mass is 9.67. The van der Waals surface area contributed by atoms with Gasteiger partial charge in [0.25, 0.3) is 0 Å². The molecule has 1 aromatic heterocycles. The summed E-state index contributed by atoms with van der Waals surface area (Å²) in [4.78, 5) is 16.8. The van der Waals surface area contributed by atoms with E-state index in [2.05, 4.69) is 10.3 Å². The van der Waals surface area contributed by atoms with E-state index in [1.807, 2.05) is 10.8 Å². The Morgan fingerprint density at radius 1 is 1.55 bits per heavy atom. The number of imidazole rings is 1. The SMILES string of the molecule is COC[C@@H]1[C@H](NC(=O)C2(Cn3ccnc3)CC2)[C@@H]2CCO[C@H]12. The van der Waals surface area contributed by atoms with Crippen LogP contribution in [-0.2, 0) is 20.8 Å². The molecule has 0 aromatic carbocycles. The molecule has 1 aromatic rings. The molecule has 1 saturated heterocycles. The van der Waals surface area contributed by atoms with Crippen LogP contribution in [0.15, 0.2) is 18.7 Å². The van der Waals surface area contributed by atoms with Gasteiger partial charge in [-0.1, -0.05) is 0 Å². The van der Waals surface area contributed by atoms with Crippen molar-refractivity contribution in [1.82, 2.24) is 14.9 Å². The molecule has 0 radical (unpaired) electrons. The van der Waals surface area contributed by atoms with Gasteiger partial charge in [-0.25, -0.2) is 4.98 Å². The van der Waals surface area contributed by atoms with Crippen molar-refractivity contribution < 1.29 is 14.3 Å². The molecule has 0 spiro atoms. The topological polar surface area (TPSA) is 65.4 Å². The molecule has 0 bridgehead atoms. The number of rotatable bonds is 6. The van der Waals surface area contributed by atoms with Crippen molar-refractivity contribution in [3.63, 3.8) is 0 Å². The number of fused-ring (bicyclic) bond motifs is 1. The monoisotopic (exact) mass is 305 g/mol. The molecule has 3 fully saturated rings. The Morgan fingerprint density at radius 2 is 2.41 bits per heavy atom. The first-order chi connectivity index (χ1) is 10.7. The summed E-state index contributed by atoms with van der Waals surface area (Å²) < 4.78 is 13.1. The zero-order valence-electron chi connectivity index (χ0n) is 12.9. The Bertz CT molecular complexity index is 541. The molecule has 1 N–H and O–H groups in total. The maximum absolute atomic E-state index is 12.8. The van der Waals surface area contributed by atoms with Crippen LogP contribution in [0.2, 0.25) is 0 Å². The van der Waals surface area contributed by atoms with E-state index < -0.39 is 0 Å². The van der Waals surface area contributed by atoms with E-state index in [-0.39, 0.29) is 23.5 Å². The Kier molecular flexibility index (Phi) is 3.46. The van der Waals surface area contributed by atoms with Gasteiger partial charge in [0, 0.05) is 50.5 Å². The Balaban J connectivity index is 1.41. The highest BCUT2D eigenvalue weighted by Crippen LogP contribution is 2.49. The predicted molar refractivity (Wildman–Crippen MR) is 79.0 cm³/mol. The minimum Gasteiger partial charge on any atom is -0.384 e. The third kappa shape index (κ3) is 2.25. The first kappa shape index (κ1) is 14.2. The highest BCUT2D eigenvalue weighted by Gasteiger charge is 2.57. The Morgan fingerprint density at radius 3 is 3.09 bits per heavy atom. The summed E-state index contributed by atoms with van der Waals surface area (Å²) in [5.74, 6) is 0.955. The predicted octanol–water partition coefficient (Wildman–Crippen LogP) is 0.829. The number of nitrogens with zero attached hydrogens (tertiary/aromatic N) is 2. The van der Waals surface area contributed by atoms with E-state index in [9.17, 15) is 4.79 Å². The van der Waals surface area contributed by atoms with Crippen molar-refractivity contribution in [3.05, 3.63) is 18.7 Å². The van der Waals surface area contributed by atoms with Crippen LogP contribution >= 0.6 is 0 Å². The van der Waals surface area contributed by atoms with Crippen molar-refractivity contribution in [2.24, 2.45) is 17.3 Å². The molecule has 1 aliphatic heterocycles. The summed E-state index contributed by atoms with van der Waals surface area (Å²) in [6.45, 7) is 2.19. The van der Waals surface area contributed by atoms with Crippen LogP contribution in [0.5, 0.6) is 0 Å². The maximum atomic E-state index is 12.8. The smallest absolute Gasteiger partial charge is 0.228 e. The van der Waals surface area contributed by atoms with Crippen LogP contribution in [0, 0.1) is 17.3 Å². The molecule has 22 heavy (non-hydrogen) atoms. The molecule has 0 unspecified atom stereocenters. The van der Waals surface area contributed by atoms with E-state index in [1.54, 1.807) is 19.6 Å². The van der Waals surface area contributed by atoms with Gasteiger partial charge in [0.15, 0.2) is 0 Å². The van der Waals surface area contributed by atoms with Gasteiger partial charge in [-0.3, -0.25) is 4.79 Å². The van der Waals surface area contributed by atoms with Crippen molar-refractivity contribution in [1.29, 1.82) is 0 Å². The summed E-state index contributed by atoms with van der Waals surface area (Å²) in [6, 6.07) is 0.209. The molecule has 3 aliphatic rings. The highest BCUT2D eigenvalue weighted by molar-refractivity contribution is 5.85. The summed E-state index contributed by atoms with van der Waals surface area (Å²) in [7, 11) is 1.71. The lowest BCUT2D eigenvalue weighted by molar-refractivity contribution is -0.135. The molecule has 6 heteroatoms. The average molecular weight is 305 g/mol. The lowest BCUT2D eigenvalue weighted by Crippen LogP contribution is -2.63. The number of carbonyl (C=O) groups is 1. The number of hydrogen-bond acceptors (Lipinski definition) is 4.